The number of benzene rings is 1. The van der Waals surface area contributed by atoms with Gasteiger partial charge in [-0.3, -0.25) is 4.79 Å². The molecule has 0 atom stereocenters. The first-order valence-electron chi connectivity index (χ1n) is 10.3. The van der Waals surface area contributed by atoms with E-state index in [0.717, 1.165) is 59.2 Å². The van der Waals surface area contributed by atoms with Gasteiger partial charge in [0.15, 0.2) is 10.9 Å². The van der Waals surface area contributed by atoms with Crippen molar-refractivity contribution in [3.05, 3.63) is 64.2 Å². The lowest BCUT2D eigenvalue weighted by atomic mass is 10.1. The first-order valence-corrected chi connectivity index (χ1v) is 13.1. The molecule has 5 nitrogen and oxygen atoms in total. The molecule has 1 aromatic carbocycles. The van der Waals surface area contributed by atoms with E-state index < -0.39 is 0 Å². The second-order valence-corrected chi connectivity index (χ2v) is 10.6. The monoisotopic (exact) mass is 469 g/mol. The number of thiophene rings is 1. The summed E-state index contributed by atoms with van der Waals surface area (Å²) in [5, 5.41) is 6.23. The van der Waals surface area contributed by atoms with Crippen LogP contribution in [0.25, 0.3) is 11.0 Å². The largest absolute Gasteiger partial charge is 0.451 e. The van der Waals surface area contributed by atoms with Crippen LogP contribution >= 0.6 is 34.4 Å². The van der Waals surface area contributed by atoms with Gasteiger partial charge < -0.3 is 14.2 Å². The van der Waals surface area contributed by atoms with Crippen LogP contribution in [0, 0.1) is 6.92 Å². The van der Waals surface area contributed by atoms with Crippen molar-refractivity contribution in [2.45, 2.75) is 23.3 Å². The van der Waals surface area contributed by atoms with Crippen LogP contribution in [-0.4, -0.2) is 42.0 Å². The zero-order valence-electron chi connectivity index (χ0n) is 17.2. The van der Waals surface area contributed by atoms with Crippen LogP contribution in [0.1, 0.15) is 28.2 Å². The summed E-state index contributed by atoms with van der Waals surface area (Å²) in [6, 6.07) is 12.1. The first-order chi connectivity index (χ1) is 15.2. The first kappa shape index (κ1) is 20.6. The van der Waals surface area contributed by atoms with E-state index in [1.807, 2.05) is 30.0 Å². The number of para-hydroxylation sites is 1. The Labute approximate surface area is 193 Å². The number of hydrogen-bond donors (Lipinski definition) is 0. The number of fused-ring (bicyclic) bond motifs is 1. The van der Waals surface area contributed by atoms with Gasteiger partial charge in [-0.15, -0.1) is 34.4 Å². The molecule has 1 fully saturated rings. The van der Waals surface area contributed by atoms with Crippen molar-refractivity contribution in [2.75, 3.05) is 31.1 Å². The number of hydrogen-bond acceptors (Lipinski definition) is 7. The van der Waals surface area contributed by atoms with Gasteiger partial charge in [0.05, 0.1) is 9.90 Å². The average molecular weight is 470 g/mol. The topological polar surface area (TPSA) is 49.6 Å². The summed E-state index contributed by atoms with van der Waals surface area (Å²) < 4.78 is 7.36. The zero-order chi connectivity index (χ0) is 21.2. The highest BCUT2D eigenvalue weighted by Crippen LogP contribution is 2.34. The predicted molar refractivity (Wildman–Crippen MR) is 130 cm³/mol. The smallest absolute Gasteiger partial charge is 0.289 e. The van der Waals surface area contributed by atoms with Gasteiger partial charge in [-0.25, -0.2) is 4.98 Å². The number of anilines is 1. The molecule has 0 radical (unpaired) electrons. The maximum absolute atomic E-state index is 13.5. The van der Waals surface area contributed by atoms with Gasteiger partial charge in [-0.2, -0.15) is 0 Å². The third-order valence-electron chi connectivity index (χ3n) is 5.41. The van der Waals surface area contributed by atoms with E-state index >= 15 is 0 Å². The quantitative estimate of drug-likeness (QED) is 0.340. The number of carbonyl (C=O) groups excluding carboxylic acids is 1. The van der Waals surface area contributed by atoms with Crippen molar-refractivity contribution in [3.8, 4) is 0 Å². The highest BCUT2D eigenvalue weighted by Gasteiger charge is 2.27. The number of aromatic nitrogens is 1. The van der Waals surface area contributed by atoms with E-state index in [0.29, 0.717) is 12.3 Å². The lowest BCUT2D eigenvalue weighted by Gasteiger charge is -2.21. The van der Waals surface area contributed by atoms with E-state index in [2.05, 4.69) is 38.8 Å². The second-order valence-electron chi connectivity index (χ2n) is 7.53. The van der Waals surface area contributed by atoms with E-state index in [9.17, 15) is 4.79 Å². The number of aryl methyl sites for hydroxylation is 1. The minimum atomic E-state index is -0.00449. The molecule has 31 heavy (non-hydrogen) atoms. The Kier molecular flexibility index (Phi) is 6.02. The number of amides is 1. The second kappa shape index (κ2) is 9.06. The molecule has 1 aliphatic rings. The van der Waals surface area contributed by atoms with Gasteiger partial charge in [-0.05, 0) is 30.9 Å². The molecule has 0 bridgehead atoms. The number of nitrogens with zero attached hydrogens (tertiary/aromatic N) is 3. The van der Waals surface area contributed by atoms with Gasteiger partial charge in [0.2, 0.25) is 0 Å². The number of thioether (sulfide) groups is 1. The number of furan rings is 1. The van der Waals surface area contributed by atoms with E-state index in [-0.39, 0.29) is 5.91 Å². The Balaban J connectivity index is 1.38. The minimum Gasteiger partial charge on any atom is -0.451 e. The number of rotatable bonds is 5. The molecule has 0 spiro atoms. The van der Waals surface area contributed by atoms with Crippen molar-refractivity contribution in [2.24, 2.45) is 0 Å². The maximum Gasteiger partial charge on any atom is 0.289 e. The van der Waals surface area contributed by atoms with Gasteiger partial charge in [0.1, 0.15) is 5.58 Å². The van der Waals surface area contributed by atoms with Crippen LogP contribution in [0.4, 0.5) is 5.13 Å². The average Bonchev–Trinajstić information content (AvgIpc) is 3.49. The summed E-state index contributed by atoms with van der Waals surface area (Å²) in [7, 11) is 0. The summed E-state index contributed by atoms with van der Waals surface area (Å²) in [6.07, 6.45) is 0.921. The molecule has 1 amide bonds. The molecule has 8 heteroatoms. The lowest BCUT2D eigenvalue weighted by molar-refractivity contribution is 0.0736. The molecule has 5 rings (SSSR count). The van der Waals surface area contributed by atoms with Crippen molar-refractivity contribution in [3.63, 3.8) is 0 Å². The standard InChI is InChI=1S/C23H23N3O2S3/c1-16-14-31-23(24-16)26-10-5-9-25(11-12-26)22(27)21-18(15-30-20-8-4-13-29-20)17-6-2-3-7-19(17)28-21/h2-4,6-8,13-14H,5,9-12,15H2,1H3. The van der Waals surface area contributed by atoms with Crippen molar-refractivity contribution in [1.82, 2.24) is 9.88 Å². The molecule has 0 saturated carbocycles. The Morgan fingerprint density at radius 3 is 2.84 bits per heavy atom. The minimum absolute atomic E-state index is 0.00449. The van der Waals surface area contributed by atoms with Gasteiger partial charge >= 0.3 is 0 Å². The molecule has 1 saturated heterocycles. The molecular weight excluding hydrogens is 446 g/mol. The summed E-state index contributed by atoms with van der Waals surface area (Å²) in [5.41, 5.74) is 2.82. The van der Waals surface area contributed by atoms with Crippen LogP contribution in [0.2, 0.25) is 0 Å². The van der Waals surface area contributed by atoms with E-state index in [4.69, 9.17) is 4.42 Å². The molecule has 3 aromatic heterocycles. The normalized spacial score (nSPS) is 14.9. The molecule has 0 unspecified atom stereocenters. The Hall–Kier alpha value is -2.29. The van der Waals surface area contributed by atoms with E-state index in [1.54, 1.807) is 34.4 Å². The van der Waals surface area contributed by atoms with Gasteiger partial charge in [0.25, 0.3) is 5.91 Å². The summed E-state index contributed by atoms with van der Waals surface area (Å²) in [6.45, 7) is 5.13. The van der Waals surface area contributed by atoms with Crippen LogP contribution in [-0.2, 0) is 5.75 Å². The van der Waals surface area contributed by atoms with Gasteiger partial charge in [-0.1, -0.05) is 24.3 Å². The number of thiazole rings is 1. The highest BCUT2D eigenvalue weighted by molar-refractivity contribution is 8.00. The molecule has 1 aliphatic heterocycles. The molecular formula is C23H23N3O2S3. The lowest BCUT2D eigenvalue weighted by Crippen LogP contribution is -2.35. The summed E-state index contributed by atoms with van der Waals surface area (Å²) in [4.78, 5) is 22.4. The third kappa shape index (κ3) is 4.37. The van der Waals surface area contributed by atoms with Crippen LogP contribution in [0.15, 0.2) is 55.8 Å². The fraction of sp³-hybridized carbons (Fsp3) is 0.304. The fourth-order valence-electron chi connectivity index (χ4n) is 3.85. The van der Waals surface area contributed by atoms with Gasteiger partial charge in [0, 0.05) is 48.3 Å². The van der Waals surface area contributed by atoms with Crippen molar-refractivity contribution >= 4 is 56.4 Å². The summed E-state index contributed by atoms with van der Waals surface area (Å²) >= 11 is 5.15. The molecule has 4 heterocycles. The molecule has 0 N–H and O–H groups in total. The predicted octanol–water partition coefficient (Wildman–Crippen LogP) is 5.90. The van der Waals surface area contributed by atoms with Crippen LogP contribution < -0.4 is 4.90 Å². The van der Waals surface area contributed by atoms with Crippen LogP contribution in [0.5, 0.6) is 0 Å². The SMILES string of the molecule is Cc1csc(N2CCCN(C(=O)c3oc4ccccc4c3CSc3cccs3)CC2)n1. The van der Waals surface area contributed by atoms with Crippen LogP contribution in [0.3, 0.4) is 0 Å². The molecule has 4 aromatic rings. The third-order valence-corrected chi connectivity index (χ3v) is 8.58. The number of carbonyl (C=O) groups is 1. The molecule has 160 valence electrons. The zero-order valence-corrected chi connectivity index (χ0v) is 19.7. The Morgan fingerprint density at radius 1 is 1.13 bits per heavy atom. The van der Waals surface area contributed by atoms with Crippen molar-refractivity contribution < 1.29 is 9.21 Å². The van der Waals surface area contributed by atoms with Crippen molar-refractivity contribution in [1.29, 1.82) is 0 Å². The maximum atomic E-state index is 13.5. The Bertz CT molecular complexity index is 1180. The van der Waals surface area contributed by atoms with E-state index in [1.165, 1.54) is 4.21 Å². The molecule has 0 aliphatic carbocycles. The summed E-state index contributed by atoms with van der Waals surface area (Å²) in [5.74, 6) is 1.20. The fourth-order valence-corrected chi connectivity index (χ4v) is 6.52. The highest BCUT2D eigenvalue weighted by atomic mass is 32.2. The Morgan fingerprint density at radius 2 is 2.03 bits per heavy atom.